The van der Waals surface area contributed by atoms with Crippen LogP contribution < -0.4 is 0 Å². The lowest BCUT2D eigenvalue weighted by molar-refractivity contribution is 0.495. The summed E-state index contributed by atoms with van der Waals surface area (Å²) >= 11 is 0. The molecule has 1 aromatic rings. The van der Waals surface area contributed by atoms with Crippen molar-refractivity contribution < 1.29 is 12.8 Å². The molecule has 1 aliphatic rings. The molecule has 0 unspecified atom stereocenters. The minimum absolute atomic E-state index is 0.288. The summed E-state index contributed by atoms with van der Waals surface area (Å²) < 4.78 is 33.4. The van der Waals surface area contributed by atoms with Gasteiger partial charge < -0.3 is 4.42 Å². The van der Waals surface area contributed by atoms with E-state index >= 15 is 0 Å². The van der Waals surface area contributed by atoms with Gasteiger partial charge in [0.2, 0.25) is 0 Å². The Hall–Kier alpha value is -1.10. The minimum atomic E-state index is -3.52. The second-order valence-electron chi connectivity index (χ2n) is 5.45. The third-order valence-corrected chi connectivity index (χ3v) is 5.22. The van der Waals surface area contributed by atoms with E-state index in [0.29, 0.717) is 17.2 Å². The molecule has 0 fully saturated rings. The quantitative estimate of drug-likeness (QED) is 0.711. The van der Waals surface area contributed by atoms with Crippen LogP contribution in [0.5, 0.6) is 0 Å². The largest absolute Gasteiger partial charge is 0.464 e. The first kappa shape index (κ1) is 15.3. The molecule has 112 valence electrons. The van der Waals surface area contributed by atoms with Crippen LogP contribution in [-0.2, 0) is 10.0 Å². The van der Waals surface area contributed by atoms with Crippen LogP contribution in [0.2, 0.25) is 0 Å². The average molecular weight is 297 g/mol. The van der Waals surface area contributed by atoms with Crippen molar-refractivity contribution in [3.63, 3.8) is 0 Å². The van der Waals surface area contributed by atoms with Crippen molar-refractivity contribution in [1.29, 1.82) is 0 Å². The second kappa shape index (κ2) is 6.12. The lowest BCUT2D eigenvalue weighted by atomic mass is 10.0. The smallest absolute Gasteiger partial charge is 0.286 e. The maximum absolute atomic E-state index is 12.0. The number of nitrogens with zero attached hydrogens (tertiary/aromatic N) is 1. The molecule has 0 aromatic carbocycles. The summed E-state index contributed by atoms with van der Waals surface area (Å²) in [5.74, 6) is 1.13. The van der Waals surface area contributed by atoms with E-state index in [4.69, 9.17) is 4.42 Å². The Morgan fingerprint density at radius 3 is 2.35 bits per heavy atom. The lowest BCUT2D eigenvalue weighted by Gasteiger charge is -2.01. The number of sulfonamides is 1. The van der Waals surface area contributed by atoms with Gasteiger partial charge >= 0.3 is 0 Å². The van der Waals surface area contributed by atoms with Gasteiger partial charge in [0.1, 0.15) is 16.4 Å². The first-order valence-corrected chi connectivity index (χ1v) is 8.85. The molecule has 2 heterocycles. The first-order chi connectivity index (χ1) is 9.47. The highest BCUT2D eigenvalue weighted by Gasteiger charge is 2.35. The summed E-state index contributed by atoms with van der Waals surface area (Å²) in [6.07, 6.45) is 7.82. The molecular weight excluding hydrogens is 274 g/mol. The van der Waals surface area contributed by atoms with E-state index in [0.717, 1.165) is 24.8 Å². The normalized spacial score (nSPS) is 16.2. The predicted molar refractivity (Wildman–Crippen MR) is 79.9 cm³/mol. The van der Waals surface area contributed by atoms with E-state index in [2.05, 4.69) is 11.3 Å². The van der Waals surface area contributed by atoms with Gasteiger partial charge in [0.25, 0.3) is 10.0 Å². The summed E-state index contributed by atoms with van der Waals surface area (Å²) in [7, 11) is -3.52. The van der Waals surface area contributed by atoms with E-state index in [9.17, 15) is 8.42 Å². The lowest BCUT2D eigenvalue weighted by Crippen LogP contribution is -1.98. The highest BCUT2D eigenvalue weighted by Crippen LogP contribution is 2.35. The van der Waals surface area contributed by atoms with Gasteiger partial charge in [-0.2, -0.15) is 12.8 Å². The molecule has 20 heavy (non-hydrogen) atoms. The minimum Gasteiger partial charge on any atom is -0.464 e. The molecule has 0 amide bonds. The zero-order valence-electron chi connectivity index (χ0n) is 12.5. The van der Waals surface area contributed by atoms with Crippen molar-refractivity contribution in [3.8, 4) is 0 Å². The molecule has 1 aromatic heterocycles. The van der Waals surface area contributed by atoms with E-state index in [1.807, 2.05) is 6.92 Å². The maximum Gasteiger partial charge on any atom is 0.286 e. The van der Waals surface area contributed by atoms with E-state index in [-0.39, 0.29) is 4.90 Å². The highest BCUT2D eigenvalue weighted by atomic mass is 32.2. The molecule has 0 radical (unpaired) electrons. The monoisotopic (exact) mass is 297 g/mol. The van der Waals surface area contributed by atoms with Gasteiger partial charge in [-0.1, -0.05) is 39.0 Å². The van der Waals surface area contributed by atoms with Crippen molar-refractivity contribution in [2.45, 2.75) is 70.6 Å². The number of furan rings is 1. The van der Waals surface area contributed by atoms with Crippen LogP contribution in [-0.4, -0.2) is 14.1 Å². The van der Waals surface area contributed by atoms with Crippen molar-refractivity contribution in [2.75, 3.05) is 0 Å². The number of hydrogen-bond donors (Lipinski definition) is 0. The van der Waals surface area contributed by atoms with Crippen molar-refractivity contribution >= 4 is 15.7 Å². The molecule has 0 saturated carbocycles. The highest BCUT2D eigenvalue weighted by molar-refractivity contribution is 7.90. The van der Waals surface area contributed by atoms with Gasteiger partial charge in [0.15, 0.2) is 0 Å². The van der Waals surface area contributed by atoms with Crippen LogP contribution in [0.1, 0.15) is 69.0 Å². The van der Waals surface area contributed by atoms with E-state index in [1.54, 1.807) is 6.92 Å². The molecule has 0 spiro atoms. The van der Waals surface area contributed by atoms with Gasteiger partial charge in [0, 0.05) is 0 Å². The Bertz CT molecular complexity index is 611. The molecule has 5 heteroatoms. The van der Waals surface area contributed by atoms with Gasteiger partial charge in [-0.25, -0.2) is 0 Å². The van der Waals surface area contributed by atoms with Gasteiger partial charge in [-0.15, -0.1) is 0 Å². The SMILES string of the molecule is CCCCCCCCC1=NS(=O)(=O)c2c(C)oc(C)c21. The summed E-state index contributed by atoms with van der Waals surface area (Å²) in [5, 5.41) is 0. The van der Waals surface area contributed by atoms with Crippen LogP contribution in [0.4, 0.5) is 0 Å². The number of rotatable bonds is 7. The molecule has 2 rings (SSSR count). The fraction of sp³-hybridized carbons (Fsp3) is 0.667. The molecule has 0 aliphatic carbocycles. The molecule has 1 aliphatic heterocycles. The molecule has 0 saturated heterocycles. The van der Waals surface area contributed by atoms with Crippen molar-refractivity contribution in [2.24, 2.45) is 4.40 Å². The maximum atomic E-state index is 12.0. The first-order valence-electron chi connectivity index (χ1n) is 7.41. The van der Waals surface area contributed by atoms with E-state index < -0.39 is 10.0 Å². The number of hydrogen-bond acceptors (Lipinski definition) is 3. The van der Waals surface area contributed by atoms with Crippen LogP contribution in [0, 0.1) is 13.8 Å². The third-order valence-electron chi connectivity index (χ3n) is 3.75. The summed E-state index contributed by atoms with van der Waals surface area (Å²) in [6.45, 7) is 5.69. The number of fused-ring (bicyclic) bond motifs is 1. The molecular formula is C15H23NO3S. The number of unbranched alkanes of at least 4 members (excludes halogenated alkanes) is 5. The molecule has 0 bridgehead atoms. The standard InChI is InChI=1S/C15H23NO3S/c1-4-5-6-7-8-9-10-13-14-11(2)19-12(3)15(14)20(17,18)16-13/h4-10H2,1-3H3. The second-order valence-corrected chi connectivity index (χ2v) is 6.99. The van der Waals surface area contributed by atoms with Crippen LogP contribution in [0.15, 0.2) is 13.7 Å². The fourth-order valence-corrected chi connectivity index (χ4v) is 4.28. The van der Waals surface area contributed by atoms with Crippen LogP contribution in [0.25, 0.3) is 0 Å². The Labute approximate surface area is 121 Å². The predicted octanol–water partition coefficient (Wildman–Crippen LogP) is 4.14. The van der Waals surface area contributed by atoms with E-state index in [1.165, 1.54) is 25.7 Å². The zero-order valence-corrected chi connectivity index (χ0v) is 13.3. The average Bonchev–Trinajstić information content (AvgIpc) is 2.81. The molecule has 4 nitrogen and oxygen atoms in total. The molecule has 0 atom stereocenters. The summed E-state index contributed by atoms with van der Waals surface area (Å²) in [6, 6.07) is 0. The summed E-state index contributed by atoms with van der Waals surface area (Å²) in [4.78, 5) is 0.288. The molecule has 0 N–H and O–H groups in total. The van der Waals surface area contributed by atoms with Crippen LogP contribution >= 0.6 is 0 Å². The Balaban J connectivity index is 2.01. The Morgan fingerprint density at radius 1 is 1.00 bits per heavy atom. The van der Waals surface area contributed by atoms with Gasteiger partial charge in [0.05, 0.1) is 11.3 Å². The van der Waals surface area contributed by atoms with Gasteiger partial charge in [-0.3, -0.25) is 0 Å². The number of aryl methyl sites for hydroxylation is 2. The summed E-state index contributed by atoms with van der Waals surface area (Å²) in [5.41, 5.74) is 1.40. The zero-order chi connectivity index (χ0) is 14.8. The third kappa shape index (κ3) is 2.97. The van der Waals surface area contributed by atoms with Crippen molar-refractivity contribution in [1.82, 2.24) is 0 Å². The Morgan fingerprint density at radius 2 is 1.65 bits per heavy atom. The Kier molecular flexibility index (Phi) is 4.68. The van der Waals surface area contributed by atoms with Crippen LogP contribution in [0.3, 0.4) is 0 Å². The fourth-order valence-electron chi connectivity index (χ4n) is 2.79. The van der Waals surface area contributed by atoms with Gasteiger partial charge in [-0.05, 0) is 26.7 Å². The topological polar surface area (TPSA) is 59.6 Å². The van der Waals surface area contributed by atoms with Crippen molar-refractivity contribution in [3.05, 3.63) is 17.1 Å².